The van der Waals surface area contributed by atoms with Crippen LogP contribution in [0.5, 0.6) is 0 Å². The number of thioether (sulfide) groups is 1. The number of hydrogen-bond acceptors (Lipinski definition) is 7. The van der Waals surface area contributed by atoms with E-state index in [1.165, 1.54) is 29.5 Å². The van der Waals surface area contributed by atoms with E-state index in [0.717, 1.165) is 22.3 Å². The molecule has 0 radical (unpaired) electrons. The first-order chi connectivity index (χ1) is 11.3. The van der Waals surface area contributed by atoms with Crippen molar-refractivity contribution in [2.24, 2.45) is 17.8 Å². The number of nitrogens with one attached hydrogen (secondary N) is 1. The van der Waals surface area contributed by atoms with Crippen LogP contribution in [0.2, 0.25) is 0 Å². The second-order valence-electron chi connectivity index (χ2n) is 7.32. The van der Waals surface area contributed by atoms with Crippen LogP contribution in [-0.2, 0) is 9.53 Å². The Hall–Kier alpha value is -0.820. The highest BCUT2D eigenvalue weighted by Crippen LogP contribution is 2.35. The summed E-state index contributed by atoms with van der Waals surface area (Å²) in [4.78, 5) is 12.2. The molecule has 1 aliphatic carbocycles. The average Bonchev–Trinajstić information content (AvgIpc) is 2.91. The van der Waals surface area contributed by atoms with Gasteiger partial charge in [-0.05, 0) is 44.4 Å². The Bertz CT molecular complexity index is 534. The summed E-state index contributed by atoms with van der Waals surface area (Å²) in [7, 11) is 0. The number of carbonyl (C=O) groups is 1. The molecule has 1 N–H and O–H groups in total. The molecule has 1 saturated carbocycles. The second kappa shape index (κ2) is 9.04. The van der Waals surface area contributed by atoms with E-state index in [1.54, 1.807) is 0 Å². The van der Waals surface area contributed by atoms with Crippen molar-refractivity contribution in [3.8, 4) is 0 Å². The van der Waals surface area contributed by atoms with Gasteiger partial charge < -0.3 is 10.1 Å². The van der Waals surface area contributed by atoms with Gasteiger partial charge in [0.25, 0.3) is 0 Å². The van der Waals surface area contributed by atoms with E-state index in [0.29, 0.717) is 29.5 Å². The predicted molar refractivity (Wildman–Crippen MR) is 101 cm³/mol. The molecule has 1 fully saturated rings. The van der Waals surface area contributed by atoms with Gasteiger partial charge in [0.05, 0.1) is 5.75 Å². The van der Waals surface area contributed by atoms with Crippen molar-refractivity contribution >= 4 is 34.2 Å². The van der Waals surface area contributed by atoms with Gasteiger partial charge in [0.2, 0.25) is 5.13 Å². The van der Waals surface area contributed by atoms with Gasteiger partial charge >= 0.3 is 5.97 Å². The molecule has 0 bridgehead atoms. The fourth-order valence-corrected chi connectivity index (χ4v) is 4.83. The van der Waals surface area contributed by atoms with E-state index in [9.17, 15) is 4.79 Å². The summed E-state index contributed by atoms with van der Waals surface area (Å²) < 4.78 is 6.61. The van der Waals surface area contributed by atoms with E-state index >= 15 is 0 Å². The van der Waals surface area contributed by atoms with Crippen molar-refractivity contribution in [2.75, 3.05) is 11.1 Å². The molecule has 7 heteroatoms. The number of hydrogen-bond donors (Lipinski definition) is 1. The molecule has 1 aromatic heterocycles. The van der Waals surface area contributed by atoms with Crippen LogP contribution in [0.25, 0.3) is 0 Å². The van der Waals surface area contributed by atoms with Crippen LogP contribution in [0, 0.1) is 17.8 Å². The lowest BCUT2D eigenvalue weighted by Crippen LogP contribution is -2.36. The number of aromatic nitrogens is 2. The summed E-state index contributed by atoms with van der Waals surface area (Å²) in [6.45, 7) is 10.8. The Labute approximate surface area is 153 Å². The summed E-state index contributed by atoms with van der Waals surface area (Å²) in [5.41, 5.74) is 0. The minimum atomic E-state index is -0.140. The highest BCUT2D eigenvalue weighted by molar-refractivity contribution is 8.01. The zero-order valence-corrected chi connectivity index (χ0v) is 16.9. The fraction of sp³-hybridized carbons (Fsp3) is 0.824. The average molecular weight is 372 g/mol. The van der Waals surface area contributed by atoms with E-state index in [1.807, 2.05) is 0 Å². The summed E-state index contributed by atoms with van der Waals surface area (Å²) in [5, 5.41) is 12.2. The molecule has 3 atom stereocenters. The molecule has 0 aromatic carbocycles. The smallest absolute Gasteiger partial charge is 0.316 e. The third kappa shape index (κ3) is 5.92. The predicted octanol–water partition coefficient (Wildman–Crippen LogP) is 4.45. The molecule has 136 valence electrons. The first-order valence-corrected chi connectivity index (χ1v) is 10.6. The van der Waals surface area contributed by atoms with Crippen LogP contribution in [0.4, 0.5) is 5.13 Å². The zero-order valence-electron chi connectivity index (χ0n) is 15.2. The molecule has 1 aromatic rings. The van der Waals surface area contributed by atoms with Gasteiger partial charge in [-0.15, -0.1) is 10.2 Å². The quantitative estimate of drug-likeness (QED) is 0.564. The van der Waals surface area contributed by atoms with Gasteiger partial charge in [-0.25, -0.2) is 0 Å². The monoisotopic (exact) mass is 371 g/mol. The molecule has 1 heterocycles. The Morgan fingerprint density at radius 2 is 2.08 bits per heavy atom. The van der Waals surface area contributed by atoms with Gasteiger partial charge in [0, 0.05) is 6.04 Å². The Balaban J connectivity index is 1.82. The maximum Gasteiger partial charge on any atom is 0.316 e. The van der Waals surface area contributed by atoms with Gasteiger partial charge in [0.1, 0.15) is 6.10 Å². The third-order valence-electron chi connectivity index (χ3n) is 4.38. The minimum absolute atomic E-state index is 0.0643. The van der Waals surface area contributed by atoms with Crippen LogP contribution in [0.1, 0.15) is 53.9 Å². The lowest BCUT2D eigenvalue weighted by molar-refractivity contribution is -0.152. The van der Waals surface area contributed by atoms with Crippen molar-refractivity contribution in [1.29, 1.82) is 0 Å². The van der Waals surface area contributed by atoms with Crippen molar-refractivity contribution in [3.05, 3.63) is 0 Å². The number of nitrogens with zero attached hydrogens (tertiary/aromatic N) is 2. The minimum Gasteiger partial charge on any atom is -0.461 e. The molecule has 0 saturated heterocycles. The summed E-state index contributed by atoms with van der Waals surface area (Å²) in [6, 6.07) is 0.321. The number of carbonyl (C=O) groups excluding carboxylic acids is 1. The molecule has 5 nitrogen and oxygen atoms in total. The van der Waals surface area contributed by atoms with Gasteiger partial charge in [-0.2, -0.15) is 0 Å². The largest absolute Gasteiger partial charge is 0.461 e. The highest BCUT2D eigenvalue weighted by Gasteiger charge is 2.33. The van der Waals surface area contributed by atoms with Crippen LogP contribution in [0.3, 0.4) is 0 Å². The van der Waals surface area contributed by atoms with E-state index < -0.39 is 0 Å². The molecular weight excluding hydrogens is 342 g/mol. The van der Waals surface area contributed by atoms with Crippen LogP contribution in [0.15, 0.2) is 4.34 Å². The van der Waals surface area contributed by atoms with Crippen LogP contribution >= 0.6 is 23.1 Å². The summed E-state index contributed by atoms with van der Waals surface area (Å²) in [5.74, 6) is 1.83. The molecule has 0 spiro atoms. The van der Waals surface area contributed by atoms with Gasteiger partial charge in [-0.3, -0.25) is 4.79 Å². The van der Waals surface area contributed by atoms with Crippen LogP contribution < -0.4 is 5.32 Å². The second-order valence-corrected chi connectivity index (χ2v) is 9.52. The molecule has 24 heavy (non-hydrogen) atoms. The highest BCUT2D eigenvalue weighted by atomic mass is 32.2. The SMILES string of the molecule is CC1CCC(C(C)C)C(OC(=O)CSc2nnc(NC(C)C)s2)C1. The standard InChI is InChI=1S/C17H29N3O2S2/c1-10(2)13-7-6-12(5)8-14(13)22-15(21)9-23-17-20-19-16(24-17)18-11(3)4/h10-14H,6-9H2,1-5H3,(H,18,19). The van der Waals surface area contributed by atoms with Crippen molar-refractivity contribution < 1.29 is 9.53 Å². The summed E-state index contributed by atoms with van der Waals surface area (Å²) in [6.07, 6.45) is 3.45. The molecular formula is C17H29N3O2S2. The maximum atomic E-state index is 12.2. The van der Waals surface area contributed by atoms with E-state index in [4.69, 9.17) is 4.74 Å². The number of rotatable bonds is 7. The molecule has 1 aliphatic rings. The zero-order chi connectivity index (χ0) is 17.7. The van der Waals surface area contributed by atoms with Gasteiger partial charge in [0.15, 0.2) is 4.34 Å². The fourth-order valence-electron chi connectivity index (χ4n) is 3.15. The number of ether oxygens (including phenoxy) is 1. The first kappa shape index (κ1) is 19.5. The van der Waals surface area contributed by atoms with Gasteiger partial charge in [-0.1, -0.05) is 50.3 Å². The number of anilines is 1. The maximum absolute atomic E-state index is 12.2. The molecule has 2 rings (SSSR count). The normalized spacial score (nSPS) is 24.4. The van der Waals surface area contributed by atoms with Crippen LogP contribution in [-0.4, -0.2) is 34.1 Å². The Morgan fingerprint density at radius 1 is 1.33 bits per heavy atom. The van der Waals surface area contributed by atoms with Crippen molar-refractivity contribution in [1.82, 2.24) is 10.2 Å². The molecule has 0 amide bonds. The van der Waals surface area contributed by atoms with Crippen molar-refractivity contribution in [3.63, 3.8) is 0 Å². The Morgan fingerprint density at radius 3 is 2.75 bits per heavy atom. The van der Waals surface area contributed by atoms with Crippen molar-refractivity contribution in [2.45, 2.75) is 70.4 Å². The summed E-state index contributed by atoms with van der Waals surface area (Å²) >= 11 is 2.88. The lowest BCUT2D eigenvalue weighted by atomic mass is 9.75. The van der Waals surface area contributed by atoms with E-state index in [-0.39, 0.29) is 12.1 Å². The lowest BCUT2D eigenvalue weighted by Gasteiger charge is -2.36. The first-order valence-electron chi connectivity index (χ1n) is 8.77. The Kier molecular flexibility index (Phi) is 7.34. The number of esters is 1. The molecule has 3 unspecified atom stereocenters. The topological polar surface area (TPSA) is 64.1 Å². The third-order valence-corrected chi connectivity index (χ3v) is 6.34. The molecule has 0 aliphatic heterocycles. The van der Waals surface area contributed by atoms with E-state index in [2.05, 4.69) is 50.1 Å².